The third-order valence-electron chi connectivity index (χ3n) is 2.18. The second-order valence-corrected chi connectivity index (χ2v) is 4.55. The van der Waals surface area contributed by atoms with Crippen LogP contribution in [0.1, 0.15) is 5.82 Å². The Balaban J connectivity index is 2.26. The van der Waals surface area contributed by atoms with E-state index in [0.29, 0.717) is 29.9 Å². The van der Waals surface area contributed by atoms with Crippen LogP contribution in [0.15, 0.2) is 29.0 Å². The number of halogens is 1. The molecule has 0 spiro atoms. The lowest BCUT2D eigenvalue weighted by atomic mass is 10.4. The molecule has 2 aromatic heterocycles. The maximum Gasteiger partial charge on any atom is 0.224 e. The molecule has 100 valence electrons. The van der Waals surface area contributed by atoms with Crippen LogP contribution < -0.4 is 10.1 Å². The zero-order valence-electron chi connectivity index (χ0n) is 10.6. The van der Waals surface area contributed by atoms with Gasteiger partial charge in [0.1, 0.15) is 18.2 Å². The molecule has 0 fully saturated rings. The predicted molar refractivity (Wildman–Crippen MR) is 74.3 cm³/mol. The number of hydrogen-bond acceptors (Lipinski definition) is 6. The summed E-state index contributed by atoms with van der Waals surface area (Å²) in [5.41, 5.74) is 0. The summed E-state index contributed by atoms with van der Waals surface area (Å²) >= 11 is 3.34. The zero-order valence-corrected chi connectivity index (χ0v) is 12.1. The first-order valence-electron chi connectivity index (χ1n) is 5.54. The minimum absolute atomic E-state index is 0.322. The molecule has 7 heteroatoms. The Labute approximate surface area is 119 Å². The fourth-order valence-corrected chi connectivity index (χ4v) is 1.76. The van der Waals surface area contributed by atoms with Crippen LogP contribution in [-0.4, -0.2) is 29.1 Å². The zero-order chi connectivity index (χ0) is 13.7. The average molecular weight is 325 g/mol. The maximum absolute atomic E-state index is 5.65. The number of nitrogens with one attached hydrogen (secondary N) is 1. The highest BCUT2D eigenvalue weighted by Crippen LogP contribution is 2.23. The van der Waals surface area contributed by atoms with Crippen molar-refractivity contribution >= 4 is 21.7 Å². The van der Waals surface area contributed by atoms with Crippen molar-refractivity contribution in [3.63, 3.8) is 0 Å². The van der Waals surface area contributed by atoms with Crippen molar-refractivity contribution in [3.8, 4) is 11.6 Å². The molecule has 0 aliphatic carbocycles. The molecule has 0 saturated carbocycles. The molecule has 2 rings (SSSR count). The molecule has 0 amide bonds. The summed E-state index contributed by atoms with van der Waals surface area (Å²) in [7, 11) is 3.37. The lowest BCUT2D eigenvalue weighted by molar-refractivity contribution is 0.177. The largest absolute Gasteiger partial charge is 0.437 e. The van der Waals surface area contributed by atoms with Crippen molar-refractivity contribution in [2.75, 3.05) is 19.5 Å². The van der Waals surface area contributed by atoms with Gasteiger partial charge < -0.3 is 14.8 Å². The van der Waals surface area contributed by atoms with Crippen LogP contribution in [0.5, 0.6) is 11.6 Å². The highest BCUT2D eigenvalue weighted by molar-refractivity contribution is 9.10. The Morgan fingerprint density at radius 3 is 2.79 bits per heavy atom. The Hall–Kier alpha value is -1.73. The van der Waals surface area contributed by atoms with Crippen molar-refractivity contribution in [2.24, 2.45) is 0 Å². The molecule has 0 saturated heterocycles. The maximum atomic E-state index is 5.65. The van der Waals surface area contributed by atoms with Gasteiger partial charge in [-0.25, -0.2) is 4.98 Å². The summed E-state index contributed by atoms with van der Waals surface area (Å²) in [5.74, 6) is 2.25. The van der Waals surface area contributed by atoms with Gasteiger partial charge in [-0.15, -0.1) is 0 Å². The van der Waals surface area contributed by atoms with Gasteiger partial charge in [-0.05, 0) is 22.0 Å². The predicted octanol–water partition coefficient (Wildman–Crippen LogP) is 2.61. The van der Waals surface area contributed by atoms with Crippen molar-refractivity contribution in [3.05, 3.63) is 34.8 Å². The second-order valence-electron chi connectivity index (χ2n) is 3.63. The smallest absolute Gasteiger partial charge is 0.224 e. The number of aromatic nitrogens is 3. The minimum Gasteiger partial charge on any atom is -0.437 e. The van der Waals surface area contributed by atoms with E-state index < -0.39 is 0 Å². The lowest BCUT2D eigenvalue weighted by Gasteiger charge is -2.08. The topological polar surface area (TPSA) is 69.2 Å². The van der Waals surface area contributed by atoms with E-state index in [2.05, 4.69) is 36.2 Å². The minimum atomic E-state index is 0.322. The molecule has 2 heterocycles. The van der Waals surface area contributed by atoms with E-state index in [9.17, 15) is 0 Å². The van der Waals surface area contributed by atoms with Crippen molar-refractivity contribution in [1.29, 1.82) is 0 Å². The summed E-state index contributed by atoms with van der Waals surface area (Å²) in [6.07, 6.45) is 3.30. The fraction of sp³-hybridized carbons (Fsp3) is 0.250. The van der Waals surface area contributed by atoms with E-state index in [0.717, 1.165) is 4.47 Å². The van der Waals surface area contributed by atoms with Gasteiger partial charge in [0.2, 0.25) is 5.88 Å². The number of hydrogen-bond donors (Lipinski definition) is 1. The van der Waals surface area contributed by atoms with Crippen molar-refractivity contribution in [2.45, 2.75) is 6.61 Å². The number of ether oxygens (including phenoxy) is 2. The molecule has 6 nitrogen and oxygen atoms in total. The van der Waals surface area contributed by atoms with Crippen molar-refractivity contribution < 1.29 is 9.47 Å². The molecule has 0 aliphatic rings. The van der Waals surface area contributed by atoms with Gasteiger partial charge in [0, 0.05) is 30.9 Å². The first-order chi connectivity index (χ1) is 9.21. The quantitative estimate of drug-likeness (QED) is 0.911. The number of methoxy groups -OCH3 is 1. The Bertz CT molecular complexity index is 565. The number of pyridine rings is 1. The van der Waals surface area contributed by atoms with E-state index in [1.807, 2.05) is 6.07 Å². The summed E-state index contributed by atoms with van der Waals surface area (Å²) in [5, 5.41) is 2.95. The van der Waals surface area contributed by atoms with E-state index in [1.165, 1.54) is 0 Å². The summed E-state index contributed by atoms with van der Waals surface area (Å²) in [6.45, 7) is 0.322. The summed E-state index contributed by atoms with van der Waals surface area (Å²) in [6, 6.07) is 3.52. The Morgan fingerprint density at radius 1 is 1.26 bits per heavy atom. The fourth-order valence-electron chi connectivity index (χ4n) is 1.42. The van der Waals surface area contributed by atoms with E-state index >= 15 is 0 Å². The van der Waals surface area contributed by atoms with Crippen LogP contribution in [0, 0.1) is 0 Å². The molecule has 2 aromatic rings. The molecular weight excluding hydrogens is 312 g/mol. The first-order valence-corrected chi connectivity index (χ1v) is 6.33. The van der Waals surface area contributed by atoms with Crippen molar-refractivity contribution in [1.82, 2.24) is 15.0 Å². The van der Waals surface area contributed by atoms with Crippen LogP contribution in [0.3, 0.4) is 0 Å². The molecule has 0 bridgehead atoms. The molecule has 0 aliphatic heterocycles. The van der Waals surface area contributed by atoms with Gasteiger partial charge in [-0.1, -0.05) is 0 Å². The monoisotopic (exact) mass is 324 g/mol. The molecule has 0 unspecified atom stereocenters. The molecule has 19 heavy (non-hydrogen) atoms. The number of nitrogens with zero attached hydrogens (tertiary/aromatic N) is 3. The average Bonchev–Trinajstić information content (AvgIpc) is 2.39. The Kier molecular flexibility index (Phi) is 4.64. The molecule has 0 radical (unpaired) electrons. The second kappa shape index (κ2) is 6.44. The van der Waals surface area contributed by atoms with Gasteiger partial charge in [-0.3, -0.25) is 4.98 Å². The number of rotatable bonds is 5. The lowest BCUT2D eigenvalue weighted by Crippen LogP contribution is -2.03. The Morgan fingerprint density at radius 2 is 2.11 bits per heavy atom. The van der Waals surface area contributed by atoms with Gasteiger partial charge in [-0.2, -0.15) is 4.98 Å². The molecule has 1 N–H and O–H groups in total. The summed E-state index contributed by atoms with van der Waals surface area (Å²) < 4.78 is 11.5. The highest BCUT2D eigenvalue weighted by Gasteiger charge is 2.06. The third kappa shape index (κ3) is 3.87. The normalized spacial score (nSPS) is 10.3. The first kappa shape index (κ1) is 13.7. The van der Waals surface area contributed by atoms with Crippen LogP contribution in [0.25, 0.3) is 0 Å². The van der Waals surface area contributed by atoms with Gasteiger partial charge in [0.25, 0.3) is 0 Å². The third-order valence-corrected chi connectivity index (χ3v) is 2.61. The van der Waals surface area contributed by atoms with Crippen LogP contribution >= 0.6 is 15.9 Å². The van der Waals surface area contributed by atoms with Crippen LogP contribution in [-0.2, 0) is 11.3 Å². The summed E-state index contributed by atoms with van der Waals surface area (Å²) in [4.78, 5) is 12.5. The standard InChI is InChI=1S/C12H13BrN4O2/c1-14-10-4-12(17-11(16-10)7-18-2)19-9-3-8(13)5-15-6-9/h3-6H,7H2,1-2H3,(H,14,16,17). The highest BCUT2D eigenvalue weighted by atomic mass is 79.9. The molecular formula is C12H13BrN4O2. The molecule has 0 atom stereocenters. The van der Waals surface area contributed by atoms with Gasteiger partial charge in [0.15, 0.2) is 5.82 Å². The molecule has 0 aromatic carbocycles. The van der Waals surface area contributed by atoms with Crippen LogP contribution in [0.4, 0.5) is 5.82 Å². The van der Waals surface area contributed by atoms with Crippen LogP contribution in [0.2, 0.25) is 0 Å². The van der Waals surface area contributed by atoms with E-state index in [4.69, 9.17) is 9.47 Å². The number of anilines is 1. The SMILES string of the molecule is CNc1cc(Oc2cncc(Br)c2)nc(COC)n1. The van der Waals surface area contributed by atoms with Gasteiger partial charge in [0.05, 0.1) is 6.20 Å². The van der Waals surface area contributed by atoms with E-state index in [1.54, 1.807) is 32.6 Å². The van der Waals surface area contributed by atoms with E-state index in [-0.39, 0.29) is 0 Å². The van der Waals surface area contributed by atoms with Gasteiger partial charge >= 0.3 is 0 Å².